The van der Waals surface area contributed by atoms with Gasteiger partial charge in [-0.1, -0.05) is 110 Å². The standard InChI is InChI=1S/2C18H16F3N3OS.C18H22F3N3OS.C17H13ClF3N3OS.C15H16F3N3O2S.C13H14F3N3OS/c1-11-3-5-12(6-4-11)10-22-17(25)15-8-7-14(26-15)13-9-16(18(19,20)21)24(2)23-13;1-23(11-12-6-4-3-5-7-12)17(25)15-9-8-14(26-15)13-10-16(18(19,20)21)24(2)22-13;1-3-24(12-7-5-4-6-8-12)17(25)15-10-9-14(26-15)13-11-16(18(19,20)21)23(2)22-13;1-24-15(17(19,20)21)8-12(23-24)13-6-7-14(26-13)16(25)22-9-10-2-4-11(18)5-3-10;1-21-13(15(16,17)18)7-10(20-21)11-4-5-12(24-11)14(22)19-8-9-3-2-6-23-9;1-3-6-17-12(20)10-5-4-9(21-10)8-7-11(13(14,15)16)19(2)18-8/h3-9H,10H2,1-2H3,(H,22,25);3-10H,11H2,1-2H3;9-12H,3-8H2,1-2H3;2-8H,9H2,1H3,(H,22,25);4-5,7,9H,2-3,6,8H2,1H3,(H,19,22);4-5,7H,3,6H2,1-2H3,(H,17,20). The van der Waals surface area contributed by atoms with Crippen LogP contribution in [0.3, 0.4) is 0 Å². The first-order valence-corrected chi connectivity index (χ1v) is 50.9. The number of carbonyl (C=O) groups is 6. The van der Waals surface area contributed by atoms with E-state index in [0.29, 0.717) is 109 Å². The molecule has 15 aromatic rings. The summed E-state index contributed by atoms with van der Waals surface area (Å²) < 4.78 is 242. The van der Waals surface area contributed by atoms with E-state index in [0.717, 1.165) is 188 Å². The second kappa shape index (κ2) is 49.6. The number of amides is 6. The minimum atomic E-state index is -4.48. The maximum Gasteiger partial charge on any atom is 0.433 e. The summed E-state index contributed by atoms with van der Waals surface area (Å²) in [6.07, 6.45) is -18.5. The van der Waals surface area contributed by atoms with E-state index in [4.69, 9.17) is 16.3 Å². The van der Waals surface area contributed by atoms with Crippen molar-refractivity contribution in [1.29, 1.82) is 0 Å². The van der Waals surface area contributed by atoms with Crippen LogP contribution in [0.1, 0.15) is 180 Å². The maximum atomic E-state index is 13.0. The van der Waals surface area contributed by atoms with E-state index in [-0.39, 0.29) is 81.8 Å². The zero-order valence-corrected chi connectivity index (χ0v) is 86.6. The molecule has 1 saturated carbocycles. The lowest BCUT2D eigenvalue weighted by Gasteiger charge is -2.33. The van der Waals surface area contributed by atoms with E-state index in [1.165, 1.54) is 60.0 Å². The molecule has 12 aromatic heterocycles. The third kappa shape index (κ3) is 31.1. The number of nitrogens with one attached hydrogen (secondary N) is 4. The Kier molecular flexibility index (Phi) is 38.1. The summed E-state index contributed by atoms with van der Waals surface area (Å²) in [6.45, 7) is 9.40. The molecule has 13 heterocycles. The summed E-state index contributed by atoms with van der Waals surface area (Å²) in [5.74, 6) is -1.27. The summed E-state index contributed by atoms with van der Waals surface area (Å²) in [7, 11) is 9.18. The zero-order chi connectivity index (χ0) is 109. The SMILES string of the molecule is CCCNC(=O)c1ccc(-c2cc(C(F)(F)F)n(C)n2)s1.CCN(C(=O)c1ccc(-c2cc(C(F)(F)F)n(C)n2)s1)C1CCCCC1.CN(Cc1ccccc1)C(=O)c1ccc(-c2cc(C(F)(F)F)n(C)n2)s1.Cc1ccc(CNC(=O)c2ccc(-c3cc(C(F)(F)F)n(C)n3)s2)cc1.Cn1nc(-c2ccc(C(=O)NCC3CCCO3)s2)cc1C(F)(F)F.Cn1nc(-c2ccc(C(=O)NCc3ccc(Cl)cc3)s2)cc1C(F)(F)F. The van der Waals surface area contributed by atoms with Crippen molar-refractivity contribution < 1.29 is 113 Å². The predicted molar refractivity (Wildman–Crippen MR) is 534 cm³/mol. The highest BCUT2D eigenvalue weighted by atomic mass is 35.5. The van der Waals surface area contributed by atoms with Crippen LogP contribution < -0.4 is 21.3 Å². The van der Waals surface area contributed by atoms with Crippen molar-refractivity contribution in [3.8, 4) is 63.4 Å². The highest BCUT2D eigenvalue weighted by molar-refractivity contribution is 7.19. The van der Waals surface area contributed by atoms with Crippen molar-refractivity contribution in [1.82, 2.24) is 89.7 Å². The van der Waals surface area contributed by atoms with Gasteiger partial charge >= 0.3 is 37.1 Å². The molecule has 149 heavy (non-hydrogen) atoms. The second-order valence-corrected chi connectivity index (χ2v) is 40.7. The second-order valence-electron chi connectivity index (χ2n) is 33.8. The van der Waals surface area contributed by atoms with E-state index < -0.39 is 71.2 Å². The van der Waals surface area contributed by atoms with Crippen molar-refractivity contribution in [2.75, 3.05) is 33.3 Å². The number of rotatable bonds is 24. The van der Waals surface area contributed by atoms with Crippen molar-refractivity contribution >= 4 is 115 Å². The fourth-order valence-electron chi connectivity index (χ4n) is 15.2. The van der Waals surface area contributed by atoms with Gasteiger partial charge in [-0.3, -0.25) is 56.9 Å². The number of nitrogens with zero attached hydrogens (tertiary/aromatic N) is 14. The van der Waals surface area contributed by atoms with Gasteiger partial charge in [0, 0.05) is 106 Å². The summed E-state index contributed by atoms with van der Waals surface area (Å²) in [6, 6.07) is 50.0. The van der Waals surface area contributed by atoms with Gasteiger partial charge in [-0.05, 0) is 184 Å². The fraction of sp³-hybridized carbons (Fsp3) is 0.333. The van der Waals surface area contributed by atoms with Crippen LogP contribution in [0, 0.1) is 6.92 Å². The molecule has 2 fully saturated rings. The first kappa shape index (κ1) is 115. The molecule has 6 amide bonds. The molecule has 1 saturated heterocycles. The van der Waals surface area contributed by atoms with Gasteiger partial charge in [-0.25, -0.2) is 0 Å². The zero-order valence-electron chi connectivity index (χ0n) is 80.9. The molecule has 1 aliphatic heterocycles. The van der Waals surface area contributed by atoms with Gasteiger partial charge in [0.25, 0.3) is 35.4 Å². The van der Waals surface area contributed by atoms with Crippen LogP contribution in [0.25, 0.3) is 63.4 Å². The summed E-state index contributed by atoms with van der Waals surface area (Å²) in [5.41, 5.74) is 0.302. The van der Waals surface area contributed by atoms with Crippen LogP contribution in [0.2, 0.25) is 5.02 Å². The largest absolute Gasteiger partial charge is 0.433 e. The topological polar surface area (TPSA) is 273 Å². The highest BCUT2D eigenvalue weighted by Crippen LogP contribution is 2.43. The van der Waals surface area contributed by atoms with Gasteiger partial charge in [-0.15, -0.1) is 68.0 Å². The lowest BCUT2D eigenvalue weighted by Crippen LogP contribution is -2.40. The van der Waals surface area contributed by atoms with Gasteiger partial charge in [0.2, 0.25) is 0 Å². The van der Waals surface area contributed by atoms with Gasteiger partial charge in [0.1, 0.15) is 68.3 Å². The Morgan fingerprint density at radius 2 is 0.671 bits per heavy atom. The summed E-state index contributed by atoms with van der Waals surface area (Å²) in [5, 5.41) is 35.1. The molecule has 794 valence electrons. The Bertz CT molecular complexity index is 6910. The number of carbonyl (C=O) groups excluding carboxylic acids is 6. The van der Waals surface area contributed by atoms with E-state index >= 15 is 0 Å². The van der Waals surface area contributed by atoms with E-state index in [2.05, 4.69) is 51.9 Å². The number of alkyl halides is 18. The Hall–Kier alpha value is -13.1. The number of hydrogen-bond acceptors (Lipinski definition) is 19. The number of halogens is 19. The first-order chi connectivity index (χ1) is 70.2. The Balaban J connectivity index is 0.000000159. The average Bonchev–Trinajstić information content (AvgIpc) is 1.67. The van der Waals surface area contributed by atoms with Gasteiger partial charge in [0.15, 0.2) is 0 Å². The van der Waals surface area contributed by atoms with Crippen LogP contribution in [-0.4, -0.2) is 149 Å². The molecule has 50 heteroatoms. The highest BCUT2D eigenvalue weighted by Gasteiger charge is 2.42. The van der Waals surface area contributed by atoms with Crippen molar-refractivity contribution in [3.05, 3.63) is 279 Å². The van der Waals surface area contributed by atoms with Crippen molar-refractivity contribution in [2.45, 2.75) is 141 Å². The summed E-state index contributed by atoms with van der Waals surface area (Å²) >= 11 is 12.6. The van der Waals surface area contributed by atoms with Crippen LogP contribution in [-0.2, 0) is 104 Å². The molecule has 3 aromatic carbocycles. The van der Waals surface area contributed by atoms with Crippen LogP contribution in [0.4, 0.5) is 79.0 Å². The predicted octanol–water partition coefficient (Wildman–Crippen LogP) is 24.9. The van der Waals surface area contributed by atoms with E-state index in [1.54, 1.807) is 109 Å². The van der Waals surface area contributed by atoms with Crippen LogP contribution in [0.15, 0.2) is 188 Å². The number of benzene rings is 3. The number of thiophene rings is 6. The minimum absolute atomic E-state index is 0.0392. The first-order valence-electron chi connectivity index (χ1n) is 45.6. The van der Waals surface area contributed by atoms with Crippen molar-refractivity contribution in [2.24, 2.45) is 42.3 Å². The molecule has 0 spiro atoms. The fourth-order valence-corrected chi connectivity index (χ4v) is 20.7. The normalized spacial score (nSPS) is 13.4. The number of ether oxygens (including phenoxy) is 1. The average molecular weight is 2220 g/mol. The molecule has 17 rings (SSSR count). The molecule has 0 radical (unpaired) electrons. The smallest absolute Gasteiger partial charge is 0.376 e. The van der Waals surface area contributed by atoms with E-state index in [9.17, 15) is 108 Å². The Labute approximate surface area is 870 Å². The molecule has 1 aliphatic carbocycles. The quantitative estimate of drug-likeness (QED) is 0.0410. The lowest BCUT2D eigenvalue weighted by atomic mass is 9.94. The van der Waals surface area contributed by atoms with Gasteiger partial charge in [-0.2, -0.15) is 110 Å². The third-order valence-electron chi connectivity index (χ3n) is 22.7. The van der Waals surface area contributed by atoms with Crippen molar-refractivity contribution in [3.63, 3.8) is 0 Å². The summed E-state index contributed by atoms with van der Waals surface area (Å²) in [4.78, 5) is 83.1. The molecule has 1 atom stereocenters. The minimum Gasteiger partial charge on any atom is -0.376 e. The van der Waals surface area contributed by atoms with Gasteiger partial charge < -0.3 is 35.8 Å². The van der Waals surface area contributed by atoms with Crippen LogP contribution >= 0.6 is 79.6 Å². The Morgan fingerprint density at radius 3 is 0.973 bits per heavy atom. The molecular formula is C99H97ClF18N18O7S6. The monoisotopic (exact) mass is 2220 g/mol. The lowest BCUT2D eigenvalue weighted by molar-refractivity contribution is -0.144. The molecule has 25 nitrogen and oxygen atoms in total. The number of hydrogen-bond donors (Lipinski definition) is 4. The molecule has 2 aliphatic rings. The molecule has 1 unspecified atom stereocenters. The maximum absolute atomic E-state index is 13.0. The number of aryl methyl sites for hydroxylation is 7. The molecule has 4 N–H and O–H groups in total. The van der Waals surface area contributed by atoms with E-state index in [1.807, 2.05) is 80.3 Å². The molecule has 0 bridgehead atoms. The molecular weight excluding hydrogens is 2120 g/mol. The third-order valence-corrected chi connectivity index (χ3v) is 29.6. The number of aromatic nitrogens is 12. The Morgan fingerprint density at radius 1 is 0.369 bits per heavy atom. The van der Waals surface area contributed by atoms with Crippen LogP contribution in [0.5, 0.6) is 0 Å². The van der Waals surface area contributed by atoms with Gasteiger partial charge in [0.05, 0.1) is 64.6 Å².